The van der Waals surface area contributed by atoms with Crippen LogP contribution in [0.2, 0.25) is 0 Å². The van der Waals surface area contributed by atoms with Gasteiger partial charge in [0.1, 0.15) is 0 Å². The summed E-state index contributed by atoms with van der Waals surface area (Å²) in [5, 5.41) is 0. The topological polar surface area (TPSA) is 0 Å². The molecule has 0 bridgehead atoms. The van der Waals surface area contributed by atoms with Gasteiger partial charge in [0.15, 0.2) is 0 Å². The van der Waals surface area contributed by atoms with E-state index in [9.17, 15) is 0 Å². The molecule has 0 aliphatic heterocycles. The Kier molecular flexibility index (Phi) is 3.85. The van der Waals surface area contributed by atoms with Crippen LogP contribution >= 0.6 is 0 Å². The van der Waals surface area contributed by atoms with Gasteiger partial charge in [-0.2, -0.15) is 0 Å². The predicted octanol–water partition coefficient (Wildman–Crippen LogP) is 3.81. The summed E-state index contributed by atoms with van der Waals surface area (Å²) in [6.45, 7) is 0. The fourth-order valence-electron chi connectivity index (χ4n) is 1.90. The molecule has 3 aromatic rings. The van der Waals surface area contributed by atoms with Crippen molar-refractivity contribution < 1.29 is 0 Å². The van der Waals surface area contributed by atoms with Crippen LogP contribution in [0, 0.1) is 11.8 Å². The molecule has 0 N–H and O–H groups in total. The SMILES string of the molecule is C(#Cc1ccccc1-c1ccc[te]1)c1ccccc1. The molecule has 0 aliphatic carbocycles. The first-order chi connectivity index (χ1) is 9.43. The summed E-state index contributed by atoms with van der Waals surface area (Å²) in [6, 6.07) is 23.0. The molecule has 1 aromatic heterocycles. The Morgan fingerprint density at radius 1 is 0.684 bits per heavy atom. The first-order valence-electron chi connectivity index (χ1n) is 6.13. The summed E-state index contributed by atoms with van der Waals surface area (Å²) >= 11 is -0.151. The van der Waals surface area contributed by atoms with Crippen molar-refractivity contribution in [1.29, 1.82) is 0 Å². The molecule has 0 saturated heterocycles. The van der Waals surface area contributed by atoms with Gasteiger partial charge in [-0.25, -0.2) is 0 Å². The first-order valence-corrected chi connectivity index (χ1v) is 8.64. The molecule has 0 fully saturated rings. The zero-order chi connectivity index (χ0) is 12.9. The average molecular weight is 356 g/mol. The van der Waals surface area contributed by atoms with Crippen molar-refractivity contribution in [1.82, 2.24) is 0 Å². The van der Waals surface area contributed by atoms with Gasteiger partial charge < -0.3 is 0 Å². The molecule has 0 nitrogen and oxygen atoms in total. The van der Waals surface area contributed by atoms with Gasteiger partial charge in [-0.1, -0.05) is 0 Å². The van der Waals surface area contributed by atoms with E-state index in [0.29, 0.717) is 0 Å². The van der Waals surface area contributed by atoms with Crippen molar-refractivity contribution in [2.45, 2.75) is 0 Å². The van der Waals surface area contributed by atoms with Crippen molar-refractivity contribution in [2.24, 2.45) is 0 Å². The zero-order valence-corrected chi connectivity index (χ0v) is 12.7. The molecular formula is C18H12Te. The predicted molar refractivity (Wildman–Crippen MR) is 81.2 cm³/mol. The van der Waals surface area contributed by atoms with Gasteiger partial charge in [-0.3, -0.25) is 0 Å². The molecule has 90 valence electrons. The third-order valence-electron chi connectivity index (χ3n) is 2.83. The van der Waals surface area contributed by atoms with Crippen LogP contribution in [0.3, 0.4) is 0 Å². The third-order valence-corrected chi connectivity index (χ3v) is 5.41. The number of rotatable bonds is 1. The van der Waals surface area contributed by atoms with Crippen LogP contribution in [0.15, 0.2) is 70.8 Å². The van der Waals surface area contributed by atoms with Crippen molar-refractivity contribution in [3.63, 3.8) is 0 Å². The van der Waals surface area contributed by atoms with Gasteiger partial charge >= 0.3 is 123 Å². The molecule has 0 aliphatic rings. The summed E-state index contributed by atoms with van der Waals surface area (Å²) in [7, 11) is 0. The number of benzene rings is 2. The molecule has 0 saturated carbocycles. The summed E-state index contributed by atoms with van der Waals surface area (Å²) in [5.41, 5.74) is 3.50. The molecular weight excluding hydrogens is 344 g/mol. The van der Waals surface area contributed by atoms with E-state index in [2.05, 4.69) is 52.3 Å². The van der Waals surface area contributed by atoms with Gasteiger partial charge in [-0.05, 0) is 0 Å². The van der Waals surface area contributed by atoms with E-state index in [-0.39, 0.29) is 20.4 Å². The van der Waals surface area contributed by atoms with Crippen LogP contribution in [0.25, 0.3) is 9.14 Å². The normalized spacial score (nSPS) is 9.68. The second kappa shape index (κ2) is 5.94. The summed E-state index contributed by atoms with van der Waals surface area (Å²) in [5.74, 6) is 6.55. The van der Waals surface area contributed by atoms with Crippen LogP contribution in [0.1, 0.15) is 11.1 Å². The van der Waals surface area contributed by atoms with E-state index >= 15 is 0 Å². The molecule has 3 rings (SSSR count). The third kappa shape index (κ3) is 2.99. The van der Waals surface area contributed by atoms with Gasteiger partial charge in [0.05, 0.1) is 0 Å². The molecule has 2 aromatic carbocycles. The monoisotopic (exact) mass is 358 g/mol. The van der Waals surface area contributed by atoms with Crippen LogP contribution in [-0.2, 0) is 0 Å². The molecule has 1 heterocycles. The van der Waals surface area contributed by atoms with Gasteiger partial charge in [0.25, 0.3) is 0 Å². The van der Waals surface area contributed by atoms with E-state index in [0.717, 1.165) is 11.1 Å². The zero-order valence-electron chi connectivity index (χ0n) is 10.3. The molecule has 19 heavy (non-hydrogen) atoms. The Hall–Kier alpha value is -1.73. The Bertz CT molecular complexity index is 713. The standard InChI is InChI=1S/C18H12Te/c1-2-7-15(8-3-1)12-13-16-9-4-5-10-17(16)18-11-6-14-19-18/h1-11,14H. The average Bonchev–Trinajstić information content (AvgIpc) is 3.01. The van der Waals surface area contributed by atoms with Gasteiger partial charge in [-0.15, -0.1) is 0 Å². The van der Waals surface area contributed by atoms with Gasteiger partial charge in [0.2, 0.25) is 0 Å². The Morgan fingerprint density at radius 3 is 2.26 bits per heavy atom. The Labute approximate surface area is 123 Å². The molecule has 1 heteroatoms. The first kappa shape index (κ1) is 12.3. The van der Waals surface area contributed by atoms with Crippen molar-refractivity contribution in [3.05, 3.63) is 81.9 Å². The summed E-state index contributed by atoms with van der Waals surface area (Å²) < 4.78 is 3.78. The second-order valence-corrected chi connectivity index (χ2v) is 6.84. The minimum absolute atomic E-state index is 0.151. The van der Waals surface area contributed by atoms with Gasteiger partial charge in [0, 0.05) is 0 Å². The number of hydrogen-bond donors (Lipinski definition) is 0. The fraction of sp³-hybridized carbons (Fsp3) is 0. The summed E-state index contributed by atoms with van der Waals surface area (Å²) in [4.78, 5) is 0. The minimum atomic E-state index is -0.151. The van der Waals surface area contributed by atoms with Crippen LogP contribution < -0.4 is 0 Å². The maximum absolute atomic E-state index is 3.31. The second-order valence-electron chi connectivity index (χ2n) is 4.14. The number of hydrogen-bond acceptors (Lipinski definition) is 0. The van der Waals surface area contributed by atoms with E-state index < -0.39 is 0 Å². The maximum atomic E-state index is 3.31. The molecule has 0 amide bonds. The Morgan fingerprint density at radius 2 is 1.47 bits per heavy atom. The van der Waals surface area contributed by atoms with E-state index in [4.69, 9.17) is 0 Å². The molecule has 0 spiro atoms. The van der Waals surface area contributed by atoms with Crippen LogP contribution in [-0.4, -0.2) is 20.4 Å². The Balaban J connectivity index is 2.01. The van der Waals surface area contributed by atoms with Crippen LogP contribution in [0.4, 0.5) is 0 Å². The van der Waals surface area contributed by atoms with Crippen molar-refractivity contribution >= 4 is 20.4 Å². The van der Waals surface area contributed by atoms with Crippen molar-refractivity contribution in [2.75, 3.05) is 0 Å². The fourth-order valence-corrected chi connectivity index (χ4v) is 4.09. The molecule has 0 atom stereocenters. The van der Waals surface area contributed by atoms with E-state index in [1.165, 1.54) is 9.14 Å². The van der Waals surface area contributed by atoms with Crippen molar-refractivity contribution in [3.8, 4) is 21.0 Å². The summed E-state index contributed by atoms with van der Waals surface area (Å²) in [6.07, 6.45) is 0. The molecule has 0 radical (unpaired) electrons. The van der Waals surface area contributed by atoms with E-state index in [1.54, 1.807) is 0 Å². The quantitative estimate of drug-likeness (QED) is 0.460. The molecule has 0 unspecified atom stereocenters. The van der Waals surface area contributed by atoms with Crippen LogP contribution in [0.5, 0.6) is 0 Å². The van der Waals surface area contributed by atoms with E-state index in [1.807, 2.05) is 30.3 Å².